The van der Waals surface area contributed by atoms with Gasteiger partial charge in [-0.25, -0.2) is 4.98 Å². The molecule has 0 radical (unpaired) electrons. The molecule has 3 atom stereocenters. The number of amides is 1. The van der Waals surface area contributed by atoms with Crippen molar-refractivity contribution in [3.63, 3.8) is 0 Å². The Labute approximate surface area is 135 Å². The lowest BCUT2D eigenvalue weighted by atomic mass is 9.91. The van der Waals surface area contributed by atoms with E-state index in [-0.39, 0.29) is 18.1 Å². The number of likely N-dealkylation sites (tertiary alicyclic amines) is 1. The van der Waals surface area contributed by atoms with E-state index in [9.17, 15) is 4.79 Å². The van der Waals surface area contributed by atoms with Crippen LogP contribution in [0.1, 0.15) is 30.7 Å². The monoisotopic (exact) mass is 321 g/mol. The van der Waals surface area contributed by atoms with Crippen LogP contribution in [0.3, 0.4) is 0 Å². The molecule has 0 unspecified atom stereocenters. The molecule has 1 N–H and O–H groups in total. The highest BCUT2D eigenvalue weighted by atomic mass is 32.1. The molecule has 2 saturated heterocycles. The van der Waals surface area contributed by atoms with Gasteiger partial charge in [-0.1, -0.05) is 0 Å². The van der Waals surface area contributed by atoms with Crippen LogP contribution in [-0.4, -0.2) is 47.6 Å². The third-order valence-corrected chi connectivity index (χ3v) is 5.80. The Bertz CT molecular complexity index is 517. The molecule has 3 fully saturated rings. The van der Waals surface area contributed by atoms with Crippen molar-refractivity contribution < 1.29 is 9.53 Å². The van der Waals surface area contributed by atoms with Crippen LogP contribution in [0.4, 0.5) is 0 Å². The molecule has 5 nitrogen and oxygen atoms in total. The van der Waals surface area contributed by atoms with Gasteiger partial charge in [-0.05, 0) is 44.1 Å². The first-order valence-electron chi connectivity index (χ1n) is 8.32. The Kier molecular flexibility index (Phi) is 4.15. The van der Waals surface area contributed by atoms with Crippen molar-refractivity contribution in [1.29, 1.82) is 0 Å². The number of carbonyl (C=O) groups is 1. The first-order valence-corrected chi connectivity index (χ1v) is 9.20. The molecule has 22 heavy (non-hydrogen) atoms. The van der Waals surface area contributed by atoms with Crippen molar-refractivity contribution in [2.45, 2.75) is 44.4 Å². The lowest BCUT2D eigenvalue weighted by Gasteiger charge is -2.33. The number of hydrogen-bond donors (Lipinski definition) is 1. The fourth-order valence-corrected chi connectivity index (χ4v) is 4.17. The number of rotatable bonds is 5. The van der Waals surface area contributed by atoms with E-state index in [1.54, 1.807) is 11.3 Å². The maximum atomic E-state index is 12.2. The SMILES string of the molecule is O=C(NCC1CC1)[C@@H]1C[C@H]2CCN(Cc3nccs3)C[C@H]2O1. The second-order valence-corrected chi connectivity index (χ2v) is 7.78. The van der Waals surface area contributed by atoms with Crippen LogP contribution in [0.5, 0.6) is 0 Å². The molecule has 0 bridgehead atoms. The largest absolute Gasteiger partial charge is 0.364 e. The summed E-state index contributed by atoms with van der Waals surface area (Å²) < 4.78 is 6.06. The molecule has 1 aromatic rings. The molecule has 1 aromatic heterocycles. The molecule has 3 aliphatic rings. The Morgan fingerprint density at radius 2 is 2.36 bits per heavy atom. The zero-order valence-electron chi connectivity index (χ0n) is 12.7. The zero-order chi connectivity index (χ0) is 14.9. The molecule has 2 aliphatic heterocycles. The number of hydrogen-bond acceptors (Lipinski definition) is 5. The molecule has 120 valence electrons. The topological polar surface area (TPSA) is 54.5 Å². The number of piperidine rings is 1. The van der Waals surface area contributed by atoms with E-state index in [0.717, 1.165) is 49.9 Å². The predicted molar refractivity (Wildman–Crippen MR) is 84.5 cm³/mol. The first kappa shape index (κ1) is 14.6. The molecule has 0 aromatic carbocycles. The van der Waals surface area contributed by atoms with Gasteiger partial charge in [-0.2, -0.15) is 0 Å². The van der Waals surface area contributed by atoms with Gasteiger partial charge in [0.15, 0.2) is 0 Å². The molecular weight excluding hydrogens is 298 g/mol. The number of nitrogens with zero attached hydrogens (tertiary/aromatic N) is 2. The van der Waals surface area contributed by atoms with E-state index in [1.807, 2.05) is 11.6 Å². The minimum Gasteiger partial charge on any atom is -0.364 e. The van der Waals surface area contributed by atoms with Crippen LogP contribution in [0.15, 0.2) is 11.6 Å². The van der Waals surface area contributed by atoms with Crippen LogP contribution in [0, 0.1) is 11.8 Å². The minimum atomic E-state index is -0.228. The second-order valence-electron chi connectivity index (χ2n) is 6.80. The fourth-order valence-electron chi connectivity index (χ4n) is 3.51. The average Bonchev–Trinajstić information content (AvgIpc) is 3.03. The van der Waals surface area contributed by atoms with Gasteiger partial charge in [0.25, 0.3) is 0 Å². The van der Waals surface area contributed by atoms with Gasteiger partial charge >= 0.3 is 0 Å². The van der Waals surface area contributed by atoms with Gasteiger partial charge in [0.1, 0.15) is 11.1 Å². The minimum absolute atomic E-state index is 0.104. The standard InChI is InChI=1S/C16H23N3O2S/c20-16(18-8-11-1-2-11)13-7-12-3-5-19(9-14(12)21-13)10-15-17-4-6-22-15/h4,6,11-14H,1-3,5,7-10H2,(H,18,20)/t12-,13+,14-/m1/s1. The molecule has 0 spiro atoms. The lowest BCUT2D eigenvalue weighted by Crippen LogP contribution is -2.42. The van der Waals surface area contributed by atoms with Crippen molar-refractivity contribution >= 4 is 17.2 Å². The van der Waals surface area contributed by atoms with Crippen molar-refractivity contribution in [2.75, 3.05) is 19.6 Å². The summed E-state index contributed by atoms with van der Waals surface area (Å²) in [5.41, 5.74) is 0. The molecule has 1 saturated carbocycles. The average molecular weight is 321 g/mol. The molecule has 6 heteroatoms. The van der Waals surface area contributed by atoms with Crippen LogP contribution in [0.25, 0.3) is 0 Å². The van der Waals surface area contributed by atoms with Crippen LogP contribution >= 0.6 is 11.3 Å². The Morgan fingerprint density at radius 3 is 3.14 bits per heavy atom. The molecule has 4 rings (SSSR count). The van der Waals surface area contributed by atoms with Gasteiger partial charge in [0, 0.05) is 24.7 Å². The van der Waals surface area contributed by atoms with E-state index < -0.39 is 0 Å². The summed E-state index contributed by atoms with van der Waals surface area (Å²) in [6.45, 7) is 3.75. The van der Waals surface area contributed by atoms with Crippen LogP contribution in [-0.2, 0) is 16.1 Å². The summed E-state index contributed by atoms with van der Waals surface area (Å²) in [5.74, 6) is 1.37. The highest BCUT2D eigenvalue weighted by Crippen LogP contribution is 2.34. The van der Waals surface area contributed by atoms with Crippen molar-refractivity contribution in [3.8, 4) is 0 Å². The number of aromatic nitrogens is 1. The summed E-state index contributed by atoms with van der Waals surface area (Å²) in [4.78, 5) is 19.0. The first-order chi connectivity index (χ1) is 10.8. The summed E-state index contributed by atoms with van der Waals surface area (Å²) in [5, 5.41) is 6.24. The zero-order valence-corrected chi connectivity index (χ0v) is 13.6. The fraction of sp³-hybridized carbons (Fsp3) is 0.750. The van der Waals surface area contributed by atoms with Gasteiger partial charge < -0.3 is 10.1 Å². The van der Waals surface area contributed by atoms with E-state index in [0.29, 0.717) is 5.92 Å². The summed E-state index contributed by atoms with van der Waals surface area (Å²) >= 11 is 1.70. The van der Waals surface area contributed by atoms with E-state index in [1.165, 1.54) is 12.8 Å². The molecule has 1 aliphatic carbocycles. The maximum absolute atomic E-state index is 12.2. The quantitative estimate of drug-likeness (QED) is 0.896. The number of ether oxygens (including phenoxy) is 1. The van der Waals surface area contributed by atoms with Crippen LogP contribution < -0.4 is 5.32 Å². The molecule has 3 heterocycles. The summed E-state index contributed by atoms with van der Waals surface area (Å²) in [6.07, 6.45) is 6.40. The van der Waals surface area contributed by atoms with E-state index in [2.05, 4.69) is 15.2 Å². The number of nitrogens with one attached hydrogen (secondary N) is 1. The summed E-state index contributed by atoms with van der Waals surface area (Å²) in [7, 11) is 0. The van der Waals surface area contributed by atoms with Gasteiger partial charge in [-0.15, -0.1) is 11.3 Å². The Balaban J connectivity index is 1.28. The van der Waals surface area contributed by atoms with Crippen molar-refractivity contribution in [1.82, 2.24) is 15.2 Å². The smallest absolute Gasteiger partial charge is 0.249 e. The van der Waals surface area contributed by atoms with Gasteiger partial charge in [0.2, 0.25) is 5.91 Å². The number of carbonyl (C=O) groups excluding carboxylic acids is 1. The molecule has 1 amide bonds. The van der Waals surface area contributed by atoms with Crippen molar-refractivity contribution in [3.05, 3.63) is 16.6 Å². The van der Waals surface area contributed by atoms with E-state index >= 15 is 0 Å². The maximum Gasteiger partial charge on any atom is 0.249 e. The summed E-state index contributed by atoms with van der Waals surface area (Å²) in [6, 6.07) is 0. The molecular formula is C16H23N3O2S. The van der Waals surface area contributed by atoms with Gasteiger partial charge in [-0.3, -0.25) is 9.69 Å². The number of fused-ring (bicyclic) bond motifs is 1. The second kappa shape index (κ2) is 6.26. The van der Waals surface area contributed by atoms with E-state index in [4.69, 9.17) is 4.74 Å². The Morgan fingerprint density at radius 1 is 1.45 bits per heavy atom. The highest BCUT2D eigenvalue weighted by Gasteiger charge is 2.42. The highest BCUT2D eigenvalue weighted by molar-refractivity contribution is 7.09. The third kappa shape index (κ3) is 3.34. The number of thiazole rings is 1. The van der Waals surface area contributed by atoms with Crippen molar-refractivity contribution in [2.24, 2.45) is 11.8 Å². The normalized spacial score (nSPS) is 31.9. The third-order valence-electron chi connectivity index (χ3n) is 5.03. The van der Waals surface area contributed by atoms with Gasteiger partial charge in [0.05, 0.1) is 12.6 Å². The Hall–Kier alpha value is -0.980. The predicted octanol–water partition coefficient (Wildman–Crippen LogP) is 1.65. The lowest BCUT2D eigenvalue weighted by molar-refractivity contribution is -0.132. The van der Waals surface area contributed by atoms with Crippen LogP contribution in [0.2, 0.25) is 0 Å².